The molecule has 18 heteroatoms. The van der Waals surface area contributed by atoms with Crippen LogP contribution >= 0.6 is 0 Å². The molecule has 6 fully saturated rings. The summed E-state index contributed by atoms with van der Waals surface area (Å²) in [6, 6.07) is 12.3. The van der Waals surface area contributed by atoms with E-state index in [0.717, 1.165) is 37.3 Å². The van der Waals surface area contributed by atoms with E-state index < -0.39 is 108 Å². The zero-order valence-corrected chi connectivity index (χ0v) is 36.8. The third-order valence-corrected chi connectivity index (χ3v) is 13.1. The number of carbonyl (C=O) groups excluding carboxylic acids is 5. The summed E-state index contributed by atoms with van der Waals surface area (Å²) >= 11 is 0. The molecule has 2 N–H and O–H groups in total. The average molecular weight is 912 g/mol. The summed E-state index contributed by atoms with van der Waals surface area (Å²) in [4.78, 5) is 77.8. The van der Waals surface area contributed by atoms with Crippen molar-refractivity contribution in [3.8, 4) is 0 Å². The Morgan fingerprint density at radius 3 is 2.29 bits per heavy atom. The summed E-state index contributed by atoms with van der Waals surface area (Å²) in [6.45, 7) is 2.82. The Labute approximate surface area is 374 Å². The van der Waals surface area contributed by atoms with E-state index >= 15 is 4.79 Å². The normalized spacial score (nSPS) is 27.9. The predicted octanol–water partition coefficient (Wildman–Crippen LogP) is 4.57. The maximum absolute atomic E-state index is 15.8. The molecule has 3 aliphatic heterocycles. The van der Waals surface area contributed by atoms with Gasteiger partial charge in [0.25, 0.3) is 0 Å². The Hall–Kier alpha value is -4.88. The first-order valence-electron chi connectivity index (χ1n) is 22.2. The van der Waals surface area contributed by atoms with Gasteiger partial charge < -0.3 is 39.0 Å². The Bertz CT molecular complexity index is 2150. The average Bonchev–Trinajstić information content (AvgIpc) is 4.21. The molecule has 8 atom stereocenters. The van der Waals surface area contributed by atoms with E-state index in [9.17, 15) is 37.5 Å². The predicted molar refractivity (Wildman–Crippen MR) is 222 cm³/mol. The van der Waals surface area contributed by atoms with Crippen molar-refractivity contribution in [3.05, 3.63) is 77.4 Å². The second-order valence-electron chi connectivity index (χ2n) is 19.0. The number of nitrogens with one attached hydrogen (secondary N) is 1. The van der Waals surface area contributed by atoms with Crippen LogP contribution in [0.1, 0.15) is 82.4 Å². The molecular weight excluding hydrogens is 856 g/mol. The maximum atomic E-state index is 15.8. The number of hydroxylamine groups is 2. The van der Waals surface area contributed by atoms with E-state index in [1.54, 1.807) is 57.2 Å². The Morgan fingerprint density at radius 2 is 1.65 bits per heavy atom. The number of aliphatic hydroxyl groups is 1. The van der Waals surface area contributed by atoms with Crippen LogP contribution in [0.4, 0.5) is 13.2 Å². The lowest BCUT2D eigenvalue weighted by Gasteiger charge is -2.50. The molecule has 0 radical (unpaired) electrons. The third kappa shape index (κ3) is 9.82. The number of fused-ring (bicyclic) bond motifs is 4. The molecule has 3 aliphatic carbocycles. The van der Waals surface area contributed by atoms with Gasteiger partial charge in [-0.05, 0) is 75.6 Å². The van der Waals surface area contributed by atoms with Gasteiger partial charge in [-0.2, -0.15) is 18.2 Å². The first-order chi connectivity index (χ1) is 30.8. The summed E-state index contributed by atoms with van der Waals surface area (Å²) in [6.07, 6.45) is -2.58. The summed E-state index contributed by atoms with van der Waals surface area (Å²) in [5, 5.41) is 14.6. The largest absolute Gasteiger partial charge is 0.460 e. The number of amides is 2. The first-order valence-corrected chi connectivity index (χ1v) is 22.2. The number of benzene rings is 2. The number of nitrogens with zero attached hydrogens (tertiary/aromatic N) is 2. The number of likely N-dealkylation sites (N-methyl/N-ethyl adjacent to an activating group) is 1. The minimum atomic E-state index is -4.71. The lowest BCUT2D eigenvalue weighted by Crippen LogP contribution is -2.70. The Balaban J connectivity index is 1.12. The molecule has 0 unspecified atom stereocenters. The minimum Gasteiger partial charge on any atom is -0.460 e. The standard InChI is InChI=1S/C47H56F3N3O12/c1-44(2,3)62-36(56)21-19-32(25-54)51-41(57)33(22-27-10-6-5-7-11-27)52(4)43(59)45-23-34-37-38(64-47(63-37,30-15-16-30)31-17-18-31)40(45)65-53(39(45)42(58)61-34)24-29-13-9-8-12-28(29)14-20-35(55)60-26-46(48,49)50/h5-14,20,30-34,37-40,54H,15-19,21-26H2,1-4H3,(H,51,57)/t32-,33+,34+,37-,38-,39-,40+,45-/m0/s1. The second-order valence-corrected chi connectivity index (χ2v) is 19.0. The maximum Gasteiger partial charge on any atom is 0.422 e. The van der Waals surface area contributed by atoms with Crippen molar-refractivity contribution in [1.82, 2.24) is 15.3 Å². The second kappa shape index (κ2) is 18.1. The number of halogens is 3. The fourth-order valence-electron chi connectivity index (χ4n) is 9.92. The summed E-state index contributed by atoms with van der Waals surface area (Å²) in [7, 11) is 1.49. The Kier molecular flexibility index (Phi) is 13.0. The molecule has 6 aliphatic rings. The molecule has 2 aromatic carbocycles. The van der Waals surface area contributed by atoms with Crippen molar-refractivity contribution in [2.45, 2.75) is 139 Å². The van der Waals surface area contributed by atoms with Gasteiger partial charge in [0.15, 0.2) is 18.4 Å². The van der Waals surface area contributed by atoms with E-state index in [1.165, 1.54) is 23.1 Å². The molecule has 352 valence electrons. The van der Waals surface area contributed by atoms with Gasteiger partial charge in [0, 0.05) is 44.2 Å². The highest BCUT2D eigenvalue weighted by molar-refractivity contribution is 5.96. The molecule has 3 saturated heterocycles. The molecule has 3 heterocycles. The smallest absolute Gasteiger partial charge is 0.422 e. The molecule has 15 nitrogen and oxygen atoms in total. The molecule has 0 aromatic heterocycles. The van der Waals surface area contributed by atoms with Crippen molar-refractivity contribution >= 4 is 35.8 Å². The third-order valence-electron chi connectivity index (χ3n) is 13.1. The molecule has 2 aromatic rings. The van der Waals surface area contributed by atoms with Crippen LogP contribution in [0.5, 0.6) is 0 Å². The van der Waals surface area contributed by atoms with Crippen LogP contribution in [0, 0.1) is 17.3 Å². The van der Waals surface area contributed by atoms with E-state index in [2.05, 4.69) is 10.1 Å². The zero-order chi connectivity index (χ0) is 46.5. The highest BCUT2D eigenvalue weighted by Gasteiger charge is 2.78. The van der Waals surface area contributed by atoms with Crippen LogP contribution in [-0.2, 0) is 65.5 Å². The van der Waals surface area contributed by atoms with Gasteiger partial charge in [-0.3, -0.25) is 24.0 Å². The van der Waals surface area contributed by atoms with Gasteiger partial charge in [0.2, 0.25) is 11.8 Å². The summed E-state index contributed by atoms with van der Waals surface area (Å²) in [5.41, 5.74) is -0.796. The Morgan fingerprint density at radius 1 is 0.985 bits per heavy atom. The molecule has 0 spiro atoms. The first kappa shape index (κ1) is 46.6. The van der Waals surface area contributed by atoms with E-state index in [1.807, 2.05) is 18.2 Å². The van der Waals surface area contributed by atoms with Crippen molar-refractivity contribution < 1.29 is 70.8 Å². The highest BCUT2D eigenvalue weighted by Crippen LogP contribution is 2.64. The van der Waals surface area contributed by atoms with Crippen LogP contribution < -0.4 is 5.32 Å². The fourth-order valence-corrected chi connectivity index (χ4v) is 9.92. The highest BCUT2D eigenvalue weighted by atomic mass is 19.4. The van der Waals surface area contributed by atoms with Crippen LogP contribution in [0.3, 0.4) is 0 Å². The van der Waals surface area contributed by atoms with Crippen LogP contribution in [0.15, 0.2) is 60.7 Å². The number of hydrogen-bond donors (Lipinski definition) is 2. The van der Waals surface area contributed by atoms with Gasteiger partial charge in [-0.15, -0.1) is 0 Å². The topological polar surface area (TPSA) is 179 Å². The SMILES string of the molecule is CN(C(=O)[C@@]12C[C@H]3OC(=O)[C@@H]1N(Cc1ccccc1C=CC(=O)OCC(F)(F)F)O[C@@H]2[C@H]1OC(C2CC2)(C2CC2)O[C@H]13)[C@H](Cc1ccccc1)C(=O)N[C@H](CO)CCC(=O)OC(C)(C)C. The lowest BCUT2D eigenvalue weighted by molar-refractivity contribution is -0.235. The van der Waals surface area contributed by atoms with Crippen molar-refractivity contribution in [1.29, 1.82) is 0 Å². The number of rotatable bonds is 17. The summed E-state index contributed by atoms with van der Waals surface area (Å²) in [5.74, 6) is -4.35. The summed E-state index contributed by atoms with van der Waals surface area (Å²) < 4.78 is 68.1. The zero-order valence-electron chi connectivity index (χ0n) is 36.8. The molecule has 2 bridgehead atoms. The molecule has 3 saturated carbocycles. The van der Waals surface area contributed by atoms with E-state index in [-0.39, 0.29) is 44.1 Å². The molecule has 2 amide bonds. The molecule has 8 rings (SSSR count). The quantitative estimate of drug-likeness (QED) is 0.128. The van der Waals surface area contributed by atoms with Gasteiger partial charge in [-0.1, -0.05) is 54.6 Å². The molecular formula is C47H56F3N3O12. The van der Waals surface area contributed by atoms with Crippen LogP contribution in [-0.4, -0.2) is 125 Å². The van der Waals surface area contributed by atoms with Gasteiger partial charge in [0.05, 0.1) is 19.2 Å². The van der Waals surface area contributed by atoms with Crippen molar-refractivity contribution in [3.63, 3.8) is 0 Å². The molecule has 65 heavy (non-hydrogen) atoms. The number of ether oxygens (including phenoxy) is 5. The number of aliphatic hydroxyl groups excluding tert-OH is 1. The monoisotopic (exact) mass is 911 g/mol. The number of carbonyl (C=O) groups is 5. The van der Waals surface area contributed by atoms with Gasteiger partial charge >= 0.3 is 24.1 Å². The van der Waals surface area contributed by atoms with Crippen LogP contribution in [0.25, 0.3) is 6.08 Å². The van der Waals surface area contributed by atoms with Gasteiger partial charge in [-0.25, -0.2) is 4.79 Å². The lowest BCUT2D eigenvalue weighted by atomic mass is 9.62. The van der Waals surface area contributed by atoms with E-state index in [0.29, 0.717) is 11.1 Å². The van der Waals surface area contributed by atoms with Crippen molar-refractivity contribution in [2.75, 3.05) is 20.3 Å². The van der Waals surface area contributed by atoms with Gasteiger partial charge in [0.1, 0.15) is 41.5 Å². The number of hydrogen-bond acceptors (Lipinski definition) is 13. The number of alkyl halides is 3. The van der Waals surface area contributed by atoms with Crippen LogP contribution in [0.2, 0.25) is 0 Å². The van der Waals surface area contributed by atoms with E-state index in [4.69, 9.17) is 23.8 Å². The minimum absolute atomic E-state index is 0.0227. The number of esters is 3. The van der Waals surface area contributed by atoms with Crippen molar-refractivity contribution in [2.24, 2.45) is 17.3 Å². The fraction of sp³-hybridized carbons (Fsp3) is 0.596.